The van der Waals surface area contributed by atoms with Crippen molar-refractivity contribution in [2.45, 2.75) is 6.18 Å². The van der Waals surface area contributed by atoms with Crippen LogP contribution in [0.3, 0.4) is 0 Å². The molecular formula is C11H5BrF3NO2S. The van der Waals surface area contributed by atoms with Crippen molar-refractivity contribution in [3.63, 3.8) is 0 Å². The average molecular weight is 352 g/mol. The number of aromatic nitrogens is 1. The molecule has 0 aliphatic heterocycles. The highest BCUT2D eigenvalue weighted by Crippen LogP contribution is 2.36. The molecule has 0 aliphatic carbocycles. The maximum atomic E-state index is 12.6. The molecule has 0 bridgehead atoms. The molecule has 0 amide bonds. The number of halogens is 4. The highest BCUT2D eigenvalue weighted by molar-refractivity contribution is 9.10. The van der Waals surface area contributed by atoms with Gasteiger partial charge >= 0.3 is 12.1 Å². The molecular weight excluding hydrogens is 347 g/mol. The first-order valence-electron chi connectivity index (χ1n) is 4.87. The summed E-state index contributed by atoms with van der Waals surface area (Å²) in [6, 6.07) is 4.58. The third-order valence-corrected chi connectivity index (χ3v) is 4.16. The van der Waals surface area contributed by atoms with Gasteiger partial charge in [0.05, 0.1) is 15.7 Å². The predicted octanol–water partition coefficient (Wildman–Crippen LogP) is 4.29. The Hall–Kier alpha value is -1.41. The number of benzene rings is 1. The van der Waals surface area contributed by atoms with Crippen molar-refractivity contribution in [3.8, 4) is 11.3 Å². The zero-order valence-corrected chi connectivity index (χ0v) is 11.4. The van der Waals surface area contributed by atoms with Crippen molar-refractivity contribution in [2.75, 3.05) is 0 Å². The molecule has 19 heavy (non-hydrogen) atoms. The molecule has 1 aromatic carbocycles. The molecule has 2 rings (SSSR count). The number of alkyl halides is 3. The van der Waals surface area contributed by atoms with Gasteiger partial charge in [-0.3, -0.25) is 0 Å². The highest BCUT2D eigenvalue weighted by atomic mass is 79.9. The summed E-state index contributed by atoms with van der Waals surface area (Å²) in [4.78, 5) is 10.8. The van der Waals surface area contributed by atoms with E-state index in [0.717, 1.165) is 12.1 Å². The molecule has 2 aromatic rings. The van der Waals surface area contributed by atoms with Crippen LogP contribution >= 0.6 is 27.5 Å². The van der Waals surface area contributed by atoms with Gasteiger partial charge in [-0.1, -0.05) is 12.1 Å². The minimum Gasteiger partial charge on any atom is -0.477 e. The van der Waals surface area contributed by atoms with E-state index in [-0.39, 0.29) is 20.6 Å². The van der Waals surface area contributed by atoms with Crippen LogP contribution in [0.25, 0.3) is 11.3 Å². The largest absolute Gasteiger partial charge is 0.477 e. The monoisotopic (exact) mass is 351 g/mol. The fourth-order valence-electron chi connectivity index (χ4n) is 1.43. The first-order valence-corrected chi connectivity index (χ1v) is 6.43. The van der Waals surface area contributed by atoms with E-state index in [4.69, 9.17) is 5.11 Å². The van der Waals surface area contributed by atoms with Gasteiger partial charge in [0.15, 0.2) is 0 Å². The van der Waals surface area contributed by atoms with Gasteiger partial charge in [0.2, 0.25) is 0 Å². The zero-order chi connectivity index (χ0) is 14.2. The quantitative estimate of drug-likeness (QED) is 0.877. The van der Waals surface area contributed by atoms with Crippen LogP contribution < -0.4 is 0 Å². The Morgan fingerprint density at radius 2 is 2.05 bits per heavy atom. The van der Waals surface area contributed by atoms with Crippen molar-refractivity contribution < 1.29 is 23.1 Å². The lowest BCUT2D eigenvalue weighted by Gasteiger charge is -2.07. The van der Waals surface area contributed by atoms with E-state index >= 15 is 0 Å². The highest BCUT2D eigenvalue weighted by Gasteiger charge is 2.31. The maximum Gasteiger partial charge on any atom is 0.416 e. The van der Waals surface area contributed by atoms with Crippen molar-refractivity contribution in [3.05, 3.63) is 39.2 Å². The number of carbonyl (C=O) groups is 1. The van der Waals surface area contributed by atoms with Gasteiger partial charge in [0.1, 0.15) is 4.88 Å². The van der Waals surface area contributed by atoms with Crippen molar-refractivity contribution in [1.29, 1.82) is 0 Å². The second-order valence-electron chi connectivity index (χ2n) is 3.56. The molecule has 8 heteroatoms. The van der Waals surface area contributed by atoms with Crippen molar-refractivity contribution >= 4 is 33.4 Å². The molecule has 1 N–H and O–H groups in total. The van der Waals surface area contributed by atoms with Gasteiger partial charge in [-0.25, -0.2) is 4.79 Å². The lowest BCUT2D eigenvalue weighted by atomic mass is 10.1. The van der Waals surface area contributed by atoms with Crippen molar-refractivity contribution in [1.82, 2.24) is 4.37 Å². The van der Waals surface area contributed by atoms with Gasteiger partial charge < -0.3 is 5.11 Å². The first-order chi connectivity index (χ1) is 8.80. The molecule has 1 heterocycles. The topological polar surface area (TPSA) is 50.2 Å². The Morgan fingerprint density at radius 1 is 1.37 bits per heavy atom. The molecule has 0 aliphatic rings. The first kappa shape index (κ1) is 14.0. The Bertz CT molecular complexity index is 639. The summed E-state index contributed by atoms with van der Waals surface area (Å²) in [6.07, 6.45) is -4.45. The Morgan fingerprint density at radius 3 is 2.58 bits per heavy atom. The summed E-state index contributed by atoms with van der Waals surface area (Å²) in [5.74, 6) is -1.18. The zero-order valence-electron chi connectivity index (χ0n) is 9.03. The minimum atomic E-state index is -4.45. The van der Waals surface area contributed by atoms with E-state index < -0.39 is 17.7 Å². The van der Waals surface area contributed by atoms with Crippen LogP contribution in [-0.4, -0.2) is 15.4 Å². The fourth-order valence-corrected chi connectivity index (χ4v) is 2.89. The summed E-state index contributed by atoms with van der Waals surface area (Å²) in [5.41, 5.74) is -0.402. The Balaban J connectivity index is 2.51. The standard InChI is InChI=1S/C11H5BrF3NO2S/c12-7-8(16-19-9(7)10(17)18)5-2-1-3-6(4-5)11(13,14)15/h1-4H,(H,17,18). The predicted molar refractivity (Wildman–Crippen MR) is 67.2 cm³/mol. The van der Waals surface area contributed by atoms with E-state index in [9.17, 15) is 18.0 Å². The second kappa shape index (κ2) is 4.93. The van der Waals surface area contributed by atoms with Gasteiger partial charge in [-0.15, -0.1) is 0 Å². The minimum absolute atomic E-state index is 0.0487. The number of rotatable bonds is 2. The maximum absolute atomic E-state index is 12.6. The third-order valence-electron chi connectivity index (χ3n) is 2.29. The Labute approximate surface area is 118 Å². The second-order valence-corrected chi connectivity index (χ2v) is 5.12. The average Bonchev–Trinajstić information content (AvgIpc) is 2.70. The molecule has 1 aromatic heterocycles. The summed E-state index contributed by atoms with van der Waals surface area (Å²) >= 11 is 3.76. The van der Waals surface area contributed by atoms with E-state index in [1.165, 1.54) is 12.1 Å². The molecule has 100 valence electrons. The number of hydrogen-bond donors (Lipinski definition) is 1. The smallest absolute Gasteiger partial charge is 0.416 e. The van der Waals surface area contributed by atoms with E-state index in [0.29, 0.717) is 11.5 Å². The van der Waals surface area contributed by atoms with Gasteiger partial charge in [-0.2, -0.15) is 17.5 Å². The van der Waals surface area contributed by atoms with Crippen LogP contribution in [0.4, 0.5) is 13.2 Å². The molecule has 0 atom stereocenters. The van der Waals surface area contributed by atoms with Crippen molar-refractivity contribution in [2.24, 2.45) is 0 Å². The number of aromatic carboxylic acids is 1. The van der Waals surface area contributed by atoms with Gasteiger partial charge in [0, 0.05) is 5.56 Å². The van der Waals surface area contributed by atoms with Crippen LogP contribution in [0.1, 0.15) is 15.2 Å². The summed E-state index contributed by atoms with van der Waals surface area (Å²) < 4.78 is 41.8. The molecule has 0 fully saturated rings. The fraction of sp³-hybridized carbons (Fsp3) is 0.0909. The number of carboxylic acids is 1. The molecule has 0 unspecified atom stereocenters. The molecule has 3 nitrogen and oxygen atoms in total. The molecule has 0 radical (unpaired) electrons. The molecule has 0 saturated carbocycles. The summed E-state index contributed by atoms with van der Waals surface area (Å²) in [6.45, 7) is 0. The van der Waals surface area contributed by atoms with Crippen LogP contribution in [0.5, 0.6) is 0 Å². The van der Waals surface area contributed by atoms with E-state index in [2.05, 4.69) is 20.3 Å². The van der Waals surface area contributed by atoms with Gasteiger partial charge in [-0.05, 0) is 39.6 Å². The number of nitrogens with zero attached hydrogens (tertiary/aromatic N) is 1. The van der Waals surface area contributed by atoms with Crippen LogP contribution in [0.2, 0.25) is 0 Å². The SMILES string of the molecule is O=C(O)c1snc(-c2cccc(C(F)(F)F)c2)c1Br. The Kier molecular flexibility index (Phi) is 3.64. The van der Waals surface area contributed by atoms with Crippen LogP contribution in [-0.2, 0) is 6.18 Å². The third kappa shape index (κ3) is 2.79. The molecule has 0 saturated heterocycles. The normalized spacial score (nSPS) is 11.6. The van der Waals surface area contributed by atoms with E-state index in [1.807, 2.05) is 0 Å². The van der Waals surface area contributed by atoms with Crippen LogP contribution in [0, 0.1) is 0 Å². The lowest BCUT2D eigenvalue weighted by Crippen LogP contribution is -2.04. The molecule has 0 spiro atoms. The van der Waals surface area contributed by atoms with Gasteiger partial charge in [0.25, 0.3) is 0 Å². The number of hydrogen-bond acceptors (Lipinski definition) is 3. The summed E-state index contributed by atoms with van der Waals surface area (Å²) in [5, 5.41) is 8.87. The number of carboxylic acid groups (broad SMARTS) is 1. The summed E-state index contributed by atoms with van der Waals surface area (Å²) in [7, 11) is 0. The lowest BCUT2D eigenvalue weighted by molar-refractivity contribution is -0.137. The van der Waals surface area contributed by atoms with Crippen LogP contribution in [0.15, 0.2) is 28.7 Å². The van der Waals surface area contributed by atoms with E-state index in [1.54, 1.807) is 0 Å².